The lowest BCUT2D eigenvalue weighted by atomic mass is 9.97. The van der Waals surface area contributed by atoms with Crippen LogP contribution in [-0.4, -0.2) is 37.2 Å². The molecule has 1 saturated heterocycles. The third kappa shape index (κ3) is 3.35. The first-order chi connectivity index (χ1) is 14.4. The molecule has 2 atom stereocenters. The van der Waals surface area contributed by atoms with Gasteiger partial charge in [-0.25, -0.2) is 4.79 Å². The lowest BCUT2D eigenvalue weighted by molar-refractivity contribution is 0.0697. The summed E-state index contributed by atoms with van der Waals surface area (Å²) in [6.07, 6.45) is 1.80. The maximum atomic E-state index is 11.2. The van der Waals surface area contributed by atoms with Crippen molar-refractivity contribution in [1.82, 2.24) is 19.8 Å². The molecule has 6 nitrogen and oxygen atoms in total. The van der Waals surface area contributed by atoms with Gasteiger partial charge in [0.25, 0.3) is 0 Å². The number of nitrogens with one attached hydrogen (secondary N) is 1. The summed E-state index contributed by atoms with van der Waals surface area (Å²) in [5, 5.41) is 13.4. The van der Waals surface area contributed by atoms with Crippen LogP contribution in [0.3, 0.4) is 0 Å². The second-order valence-electron chi connectivity index (χ2n) is 7.43. The first-order valence-corrected chi connectivity index (χ1v) is 10.3. The fraction of sp³-hybridized carbons (Fsp3) is 0.261. The molecule has 4 rings (SSSR count). The van der Waals surface area contributed by atoms with Crippen molar-refractivity contribution in [1.29, 1.82) is 0 Å². The second-order valence-corrected chi connectivity index (χ2v) is 7.81. The maximum absolute atomic E-state index is 11.2. The lowest BCUT2D eigenvalue weighted by Crippen LogP contribution is -2.29. The number of nitrogens with zero attached hydrogens (tertiary/aromatic N) is 3. The largest absolute Gasteiger partial charge is 0.478 e. The predicted octanol–water partition coefficient (Wildman–Crippen LogP) is 4.18. The van der Waals surface area contributed by atoms with Crippen molar-refractivity contribution in [3.05, 3.63) is 82.9 Å². The number of pyridine rings is 1. The standard InChI is InChI=1S/C23H24N4O2S/c1-4-26-21(20(25-23(26)30)19-7-5-6-12-24-19)18-13-14(2)27(15(18)3)17-10-8-16(9-11-17)22(28)29/h5-13,20-21H,4H2,1-3H3,(H,25,30)(H,28,29)/t20-,21-/m1/s1. The molecule has 0 bridgehead atoms. The molecule has 1 fully saturated rings. The van der Waals surface area contributed by atoms with Gasteiger partial charge >= 0.3 is 5.97 Å². The van der Waals surface area contributed by atoms with Crippen molar-refractivity contribution < 1.29 is 9.90 Å². The highest BCUT2D eigenvalue weighted by Crippen LogP contribution is 2.41. The summed E-state index contributed by atoms with van der Waals surface area (Å²) in [7, 11) is 0. The van der Waals surface area contributed by atoms with Gasteiger partial charge in [0, 0.05) is 29.8 Å². The van der Waals surface area contributed by atoms with Gasteiger partial charge in [-0.1, -0.05) is 6.07 Å². The molecule has 154 valence electrons. The molecule has 1 aliphatic rings. The van der Waals surface area contributed by atoms with E-state index < -0.39 is 5.97 Å². The van der Waals surface area contributed by atoms with Crippen LogP contribution in [0.15, 0.2) is 54.7 Å². The average molecular weight is 421 g/mol. The number of aromatic carboxylic acids is 1. The Hall–Kier alpha value is -3.19. The summed E-state index contributed by atoms with van der Waals surface area (Å²) < 4.78 is 2.16. The van der Waals surface area contributed by atoms with Crippen molar-refractivity contribution in [3.8, 4) is 5.69 Å². The maximum Gasteiger partial charge on any atom is 0.335 e. The van der Waals surface area contributed by atoms with Gasteiger partial charge in [-0.15, -0.1) is 0 Å². The number of hydrogen-bond acceptors (Lipinski definition) is 3. The number of carboxylic acids is 1. The van der Waals surface area contributed by atoms with E-state index in [1.54, 1.807) is 18.3 Å². The SMILES string of the molecule is CCN1C(=S)N[C@H](c2ccccn2)[C@H]1c1cc(C)n(-c2ccc(C(=O)O)cc2)c1C. The molecule has 2 N–H and O–H groups in total. The Morgan fingerprint density at radius 2 is 1.93 bits per heavy atom. The summed E-state index contributed by atoms with van der Waals surface area (Å²) >= 11 is 5.63. The van der Waals surface area contributed by atoms with E-state index in [0.29, 0.717) is 0 Å². The van der Waals surface area contributed by atoms with Crippen LogP contribution in [0, 0.1) is 13.8 Å². The minimum atomic E-state index is -0.925. The molecule has 1 aromatic carbocycles. The first kappa shape index (κ1) is 20.1. The third-order valence-corrected chi connectivity index (χ3v) is 6.05. The highest BCUT2D eigenvalue weighted by Gasteiger charge is 2.40. The summed E-state index contributed by atoms with van der Waals surface area (Å²) in [5.41, 5.74) is 5.54. The van der Waals surface area contributed by atoms with Gasteiger partial charge in [-0.2, -0.15) is 0 Å². The van der Waals surface area contributed by atoms with E-state index in [-0.39, 0.29) is 17.6 Å². The minimum absolute atomic E-state index is 0.0237. The number of carbonyl (C=O) groups is 1. The van der Waals surface area contributed by atoms with E-state index in [1.165, 1.54) is 5.56 Å². The van der Waals surface area contributed by atoms with E-state index >= 15 is 0 Å². The fourth-order valence-corrected chi connectivity index (χ4v) is 4.69. The van der Waals surface area contributed by atoms with Gasteiger partial charge < -0.3 is 19.9 Å². The Morgan fingerprint density at radius 1 is 1.20 bits per heavy atom. The number of hydrogen-bond donors (Lipinski definition) is 2. The Labute approximate surface area is 181 Å². The van der Waals surface area contributed by atoms with Crippen LogP contribution in [0.25, 0.3) is 5.69 Å². The smallest absolute Gasteiger partial charge is 0.335 e. The molecule has 7 heteroatoms. The zero-order valence-corrected chi connectivity index (χ0v) is 18.0. The topological polar surface area (TPSA) is 70.4 Å². The van der Waals surface area contributed by atoms with Gasteiger partial charge in [-0.3, -0.25) is 4.98 Å². The molecule has 0 unspecified atom stereocenters. The summed E-state index contributed by atoms with van der Waals surface area (Å²) in [6, 6.07) is 15.1. The van der Waals surface area contributed by atoms with Crippen molar-refractivity contribution in [2.75, 3.05) is 6.54 Å². The zero-order chi connectivity index (χ0) is 21.4. The van der Waals surface area contributed by atoms with Crippen molar-refractivity contribution >= 4 is 23.3 Å². The van der Waals surface area contributed by atoms with E-state index in [1.807, 2.05) is 30.3 Å². The zero-order valence-electron chi connectivity index (χ0n) is 17.2. The molecule has 0 aliphatic carbocycles. The Kier molecular flexibility index (Phi) is 5.30. The van der Waals surface area contributed by atoms with Crippen molar-refractivity contribution in [2.45, 2.75) is 32.9 Å². The lowest BCUT2D eigenvalue weighted by Gasteiger charge is -2.27. The Morgan fingerprint density at radius 3 is 2.53 bits per heavy atom. The minimum Gasteiger partial charge on any atom is -0.478 e. The van der Waals surface area contributed by atoms with E-state index in [9.17, 15) is 9.90 Å². The van der Waals surface area contributed by atoms with E-state index in [2.05, 4.69) is 46.6 Å². The molecule has 3 aromatic rings. The van der Waals surface area contributed by atoms with Gasteiger partial charge in [0.1, 0.15) is 0 Å². The predicted molar refractivity (Wildman–Crippen MR) is 120 cm³/mol. The van der Waals surface area contributed by atoms with Gasteiger partial charge in [0.15, 0.2) is 5.11 Å². The number of aromatic nitrogens is 2. The summed E-state index contributed by atoms with van der Waals surface area (Å²) in [5.74, 6) is -0.925. The Balaban J connectivity index is 1.80. The second kappa shape index (κ2) is 7.91. The molecular formula is C23H24N4O2S. The molecular weight excluding hydrogens is 396 g/mol. The Bertz CT molecular complexity index is 1090. The van der Waals surface area contributed by atoms with Crippen molar-refractivity contribution in [2.24, 2.45) is 0 Å². The molecule has 3 heterocycles. The third-order valence-electron chi connectivity index (χ3n) is 5.70. The van der Waals surface area contributed by atoms with Gasteiger partial charge in [0.2, 0.25) is 0 Å². The van der Waals surface area contributed by atoms with Crippen LogP contribution < -0.4 is 5.32 Å². The molecule has 0 saturated carbocycles. The van der Waals surface area contributed by atoms with Crippen LogP contribution in [0.1, 0.15) is 52.0 Å². The molecule has 1 aliphatic heterocycles. The average Bonchev–Trinajstić information content (AvgIpc) is 3.23. The van der Waals surface area contributed by atoms with Crippen LogP contribution in [0.4, 0.5) is 0 Å². The fourth-order valence-electron chi connectivity index (χ4n) is 4.32. The van der Waals surface area contributed by atoms with Crippen LogP contribution in [-0.2, 0) is 0 Å². The highest BCUT2D eigenvalue weighted by molar-refractivity contribution is 7.80. The number of benzene rings is 1. The van der Waals surface area contributed by atoms with Crippen LogP contribution >= 0.6 is 12.2 Å². The molecule has 0 radical (unpaired) electrons. The number of likely N-dealkylation sites (N-methyl/N-ethyl adjacent to an activating group) is 1. The summed E-state index contributed by atoms with van der Waals surface area (Å²) in [4.78, 5) is 18.0. The summed E-state index contributed by atoms with van der Waals surface area (Å²) in [6.45, 7) is 7.05. The molecule has 30 heavy (non-hydrogen) atoms. The first-order valence-electron chi connectivity index (χ1n) is 9.93. The van der Waals surface area contributed by atoms with Gasteiger partial charge in [-0.05, 0) is 81.0 Å². The highest BCUT2D eigenvalue weighted by atomic mass is 32.1. The number of aryl methyl sites for hydroxylation is 1. The number of rotatable bonds is 5. The molecule has 0 spiro atoms. The molecule has 2 aromatic heterocycles. The van der Waals surface area contributed by atoms with E-state index in [0.717, 1.165) is 34.4 Å². The van der Waals surface area contributed by atoms with E-state index in [4.69, 9.17) is 12.2 Å². The molecule has 0 amide bonds. The van der Waals surface area contributed by atoms with Gasteiger partial charge in [0.05, 0.1) is 23.3 Å². The van der Waals surface area contributed by atoms with Crippen LogP contribution in [0.5, 0.6) is 0 Å². The monoisotopic (exact) mass is 420 g/mol. The number of thiocarbonyl (C=S) groups is 1. The van der Waals surface area contributed by atoms with Crippen molar-refractivity contribution in [3.63, 3.8) is 0 Å². The van der Waals surface area contributed by atoms with Crippen LogP contribution in [0.2, 0.25) is 0 Å². The quantitative estimate of drug-likeness (QED) is 0.604. The number of carboxylic acid groups (broad SMARTS) is 1. The normalized spacial score (nSPS) is 18.5.